The molecule has 0 bridgehead atoms. The largest absolute Gasteiger partial charge is 0.493 e. The fraction of sp³-hybridized carbons (Fsp3) is 0.400. The molecule has 0 saturated heterocycles. The predicted molar refractivity (Wildman–Crippen MR) is 65.0 cm³/mol. The lowest BCUT2D eigenvalue weighted by Crippen LogP contribution is -1.96. The highest BCUT2D eigenvalue weighted by Gasteiger charge is 2.11. The first-order valence-corrected chi connectivity index (χ1v) is 5.44. The van der Waals surface area contributed by atoms with E-state index in [-0.39, 0.29) is 0 Å². The molecule has 0 aromatic heterocycles. The van der Waals surface area contributed by atoms with Gasteiger partial charge in [0.05, 0.1) is 18.7 Å². The molecule has 1 aromatic rings. The summed E-state index contributed by atoms with van der Waals surface area (Å²) in [5.74, 6) is 1.32. The molecule has 0 aliphatic rings. The van der Waals surface area contributed by atoms with Crippen molar-refractivity contribution < 1.29 is 9.47 Å². The van der Waals surface area contributed by atoms with Gasteiger partial charge in [0.15, 0.2) is 11.5 Å². The standard InChI is InChI=1S/C10H12BrN3O2/c1-15-8-4-3-7(5-6-13-14-12)9(11)10(8)16-2/h3-4H,5-6H2,1-2H3. The fourth-order valence-electron chi connectivity index (χ4n) is 1.34. The lowest BCUT2D eigenvalue weighted by atomic mass is 10.1. The van der Waals surface area contributed by atoms with Gasteiger partial charge in [0.25, 0.3) is 0 Å². The second kappa shape index (κ2) is 6.25. The third-order valence-corrected chi connectivity index (χ3v) is 2.98. The zero-order chi connectivity index (χ0) is 12.0. The van der Waals surface area contributed by atoms with Crippen molar-refractivity contribution >= 4 is 15.9 Å². The molecule has 0 saturated carbocycles. The Labute approximate surface area is 102 Å². The van der Waals surface area contributed by atoms with Crippen LogP contribution in [0.1, 0.15) is 5.56 Å². The summed E-state index contributed by atoms with van der Waals surface area (Å²) in [5.41, 5.74) is 9.22. The Balaban J connectivity index is 2.99. The van der Waals surface area contributed by atoms with E-state index in [0.717, 1.165) is 10.0 Å². The molecule has 0 N–H and O–H groups in total. The molecular weight excluding hydrogens is 274 g/mol. The molecule has 1 rings (SSSR count). The van der Waals surface area contributed by atoms with Crippen molar-refractivity contribution in [3.63, 3.8) is 0 Å². The average molecular weight is 286 g/mol. The summed E-state index contributed by atoms with van der Waals surface area (Å²) in [6, 6.07) is 3.74. The van der Waals surface area contributed by atoms with E-state index in [9.17, 15) is 0 Å². The van der Waals surface area contributed by atoms with Crippen LogP contribution in [0.5, 0.6) is 11.5 Å². The number of rotatable bonds is 5. The molecule has 0 heterocycles. The third kappa shape index (κ3) is 2.81. The van der Waals surface area contributed by atoms with Gasteiger partial charge in [0.1, 0.15) is 0 Å². The quantitative estimate of drug-likeness (QED) is 0.473. The van der Waals surface area contributed by atoms with Gasteiger partial charge in [-0.3, -0.25) is 0 Å². The summed E-state index contributed by atoms with van der Waals surface area (Å²) in [5, 5.41) is 3.49. The van der Waals surface area contributed by atoms with Crippen molar-refractivity contribution in [3.05, 3.63) is 32.6 Å². The summed E-state index contributed by atoms with van der Waals surface area (Å²) in [6.07, 6.45) is 0.658. The van der Waals surface area contributed by atoms with Gasteiger partial charge in [-0.05, 0) is 39.5 Å². The van der Waals surface area contributed by atoms with Crippen molar-refractivity contribution in [1.29, 1.82) is 0 Å². The van der Waals surface area contributed by atoms with Crippen LogP contribution in [-0.4, -0.2) is 20.8 Å². The van der Waals surface area contributed by atoms with Gasteiger partial charge in [0, 0.05) is 11.5 Å². The lowest BCUT2D eigenvalue weighted by Gasteiger charge is -2.12. The molecule has 0 radical (unpaired) electrons. The Hall–Kier alpha value is -1.39. The molecule has 16 heavy (non-hydrogen) atoms. The van der Waals surface area contributed by atoms with Crippen LogP contribution >= 0.6 is 15.9 Å². The van der Waals surface area contributed by atoms with Crippen LogP contribution in [0.3, 0.4) is 0 Å². The molecule has 0 unspecified atom stereocenters. The van der Waals surface area contributed by atoms with Gasteiger partial charge < -0.3 is 9.47 Å². The summed E-state index contributed by atoms with van der Waals surface area (Å²) >= 11 is 3.45. The van der Waals surface area contributed by atoms with Crippen LogP contribution in [-0.2, 0) is 6.42 Å². The molecule has 0 aliphatic heterocycles. The van der Waals surface area contributed by atoms with E-state index in [0.29, 0.717) is 24.5 Å². The number of benzene rings is 1. The first kappa shape index (κ1) is 12.7. The van der Waals surface area contributed by atoms with Crippen LogP contribution in [0.15, 0.2) is 21.7 Å². The minimum absolute atomic E-state index is 0.421. The van der Waals surface area contributed by atoms with Crippen LogP contribution in [0, 0.1) is 0 Å². The second-order valence-electron chi connectivity index (χ2n) is 2.98. The van der Waals surface area contributed by atoms with E-state index in [1.54, 1.807) is 14.2 Å². The summed E-state index contributed by atoms with van der Waals surface area (Å²) in [6.45, 7) is 0.421. The molecule has 0 fully saturated rings. The Morgan fingerprint density at radius 1 is 1.38 bits per heavy atom. The maximum absolute atomic E-state index is 8.20. The van der Waals surface area contributed by atoms with E-state index in [1.165, 1.54) is 0 Å². The van der Waals surface area contributed by atoms with E-state index in [4.69, 9.17) is 15.0 Å². The first-order valence-electron chi connectivity index (χ1n) is 4.64. The highest BCUT2D eigenvalue weighted by atomic mass is 79.9. The summed E-state index contributed by atoms with van der Waals surface area (Å²) in [7, 11) is 3.17. The minimum atomic E-state index is 0.421. The molecule has 86 valence electrons. The van der Waals surface area contributed by atoms with Crippen molar-refractivity contribution in [2.75, 3.05) is 20.8 Å². The van der Waals surface area contributed by atoms with Crippen molar-refractivity contribution in [1.82, 2.24) is 0 Å². The number of nitrogens with zero attached hydrogens (tertiary/aromatic N) is 3. The molecule has 0 aliphatic carbocycles. The monoisotopic (exact) mass is 285 g/mol. The Kier molecular flexibility index (Phi) is 4.95. The van der Waals surface area contributed by atoms with Gasteiger partial charge in [-0.2, -0.15) is 0 Å². The highest BCUT2D eigenvalue weighted by molar-refractivity contribution is 9.10. The molecule has 6 heteroatoms. The normalized spacial score (nSPS) is 9.44. The van der Waals surface area contributed by atoms with Gasteiger partial charge in [0.2, 0.25) is 0 Å². The zero-order valence-corrected chi connectivity index (χ0v) is 10.7. The Bertz CT molecular complexity index is 417. The fourth-order valence-corrected chi connectivity index (χ4v) is 2.03. The molecule has 0 spiro atoms. The molecule has 0 amide bonds. The van der Waals surface area contributed by atoms with Crippen LogP contribution in [0.25, 0.3) is 10.4 Å². The lowest BCUT2D eigenvalue weighted by molar-refractivity contribution is 0.352. The zero-order valence-electron chi connectivity index (χ0n) is 9.11. The SMILES string of the molecule is COc1ccc(CCN=[N+]=[N-])c(Br)c1OC. The molecule has 5 nitrogen and oxygen atoms in total. The predicted octanol–water partition coefficient (Wildman–Crippen LogP) is 3.32. The van der Waals surface area contributed by atoms with E-state index in [1.807, 2.05) is 12.1 Å². The van der Waals surface area contributed by atoms with E-state index >= 15 is 0 Å². The van der Waals surface area contributed by atoms with E-state index < -0.39 is 0 Å². The minimum Gasteiger partial charge on any atom is -0.493 e. The summed E-state index contributed by atoms with van der Waals surface area (Å²) in [4.78, 5) is 2.71. The van der Waals surface area contributed by atoms with Gasteiger partial charge >= 0.3 is 0 Å². The van der Waals surface area contributed by atoms with Gasteiger partial charge in [-0.25, -0.2) is 0 Å². The number of methoxy groups -OCH3 is 2. The maximum atomic E-state index is 8.20. The van der Waals surface area contributed by atoms with Crippen molar-refractivity contribution in [3.8, 4) is 11.5 Å². The first-order chi connectivity index (χ1) is 7.74. The Morgan fingerprint density at radius 2 is 2.12 bits per heavy atom. The van der Waals surface area contributed by atoms with Crippen LogP contribution < -0.4 is 9.47 Å². The number of halogens is 1. The number of azide groups is 1. The van der Waals surface area contributed by atoms with Crippen LogP contribution in [0.4, 0.5) is 0 Å². The molecule has 1 aromatic carbocycles. The van der Waals surface area contributed by atoms with Crippen molar-refractivity contribution in [2.24, 2.45) is 5.11 Å². The number of ether oxygens (including phenoxy) is 2. The second-order valence-corrected chi connectivity index (χ2v) is 3.77. The smallest absolute Gasteiger partial charge is 0.175 e. The third-order valence-electron chi connectivity index (χ3n) is 2.11. The molecular formula is C10H12BrN3O2. The van der Waals surface area contributed by atoms with Gasteiger partial charge in [-0.15, -0.1) is 0 Å². The number of hydrogen-bond donors (Lipinski definition) is 0. The Morgan fingerprint density at radius 3 is 2.69 bits per heavy atom. The number of hydrogen-bond acceptors (Lipinski definition) is 3. The van der Waals surface area contributed by atoms with E-state index in [2.05, 4.69) is 26.0 Å². The topological polar surface area (TPSA) is 67.2 Å². The average Bonchev–Trinajstić information content (AvgIpc) is 2.31. The maximum Gasteiger partial charge on any atom is 0.175 e. The summed E-state index contributed by atoms with van der Waals surface area (Å²) < 4.78 is 11.2. The van der Waals surface area contributed by atoms with Gasteiger partial charge in [-0.1, -0.05) is 11.2 Å². The highest BCUT2D eigenvalue weighted by Crippen LogP contribution is 2.37. The van der Waals surface area contributed by atoms with Crippen LogP contribution in [0.2, 0.25) is 0 Å². The van der Waals surface area contributed by atoms with Crippen molar-refractivity contribution in [2.45, 2.75) is 6.42 Å². The molecule has 0 atom stereocenters.